The zero-order valence-corrected chi connectivity index (χ0v) is 23.3. The monoisotopic (exact) mass is 552 g/mol. The predicted octanol–water partition coefficient (Wildman–Crippen LogP) is 6.44. The van der Waals surface area contributed by atoms with Gasteiger partial charge in [0.25, 0.3) is 0 Å². The number of carboxylic acid groups (broad SMARTS) is 1. The Hall–Kier alpha value is -4.09. The summed E-state index contributed by atoms with van der Waals surface area (Å²) in [6.07, 6.45) is 2.50. The van der Waals surface area contributed by atoms with Gasteiger partial charge in [-0.1, -0.05) is 91.3 Å². The Labute approximate surface area is 240 Å². The van der Waals surface area contributed by atoms with E-state index in [0.717, 1.165) is 39.8 Å². The molecule has 204 valence electrons. The van der Waals surface area contributed by atoms with Gasteiger partial charge in [-0.2, -0.15) is 0 Å². The first-order chi connectivity index (χ1) is 19.4. The molecule has 0 spiro atoms. The molecule has 40 heavy (non-hydrogen) atoms. The summed E-state index contributed by atoms with van der Waals surface area (Å²) in [6.45, 7) is 2.35. The Morgan fingerprint density at radius 3 is 2.17 bits per heavy atom. The molecular weight excluding hydrogens is 520 g/mol. The summed E-state index contributed by atoms with van der Waals surface area (Å²) in [5, 5.41) is 11.0. The number of anilines is 1. The number of benzene rings is 4. The third-order valence-corrected chi connectivity index (χ3v) is 8.28. The van der Waals surface area contributed by atoms with Crippen LogP contribution in [-0.2, 0) is 41.8 Å². The average molecular weight is 553 g/mol. The maximum absolute atomic E-state index is 14.2. The normalized spacial score (nSPS) is 14.7. The van der Waals surface area contributed by atoms with Crippen LogP contribution in [0.1, 0.15) is 51.8 Å². The van der Waals surface area contributed by atoms with Crippen molar-refractivity contribution in [2.45, 2.75) is 51.1 Å². The molecule has 6 heteroatoms. The minimum atomic E-state index is -0.995. The lowest BCUT2D eigenvalue weighted by Crippen LogP contribution is -2.50. The number of aliphatic carboxylic acids is 1. The van der Waals surface area contributed by atoms with Gasteiger partial charge in [0.1, 0.15) is 6.04 Å². The van der Waals surface area contributed by atoms with Gasteiger partial charge in [0.05, 0.1) is 5.92 Å². The minimum absolute atomic E-state index is 0.205. The van der Waals surface area contributed by atoms with E-state index in [9.17, 15) is 14.7 Å². The van der Waals surface area contributed by atoms with Crippen molar-refractivity contribution in [3.63, 3.8) is 0 Å². The van der Waals surface area contributed by atoms with Crippen molar-refractivity contribution >= 4 is 29.2 Å². The van der Waals surface area contributed by atoms with Crippen LogP contribution in [0.5, 0.6) is 0 Å². The van der Waals surface area contributed by atoms with Gasteiger partial charge in [0, 0.05) is 23.7 Å². The van der Waals surface area contributed by atoms with Crippen LogP contribution >= 0.6 is 11.6 Å². The van der Waals surface area contributed by atoms with Gasteiger partial charge in [-0.25, -0.2) is 4.79 Å². The first-order valence-electron chi connectivity index (χ1n) is 13.7. The fraction of sp³-hybridized carbons (Fsp3) is 0.235. The molecule has 0 bridgehead atoms. The summed E-state index contributed by atoms with van der Waals surface area (Å²) < 4.78 is 0. The van der Waals surface area contributed by atoms with Crippen molar-refractivity contribution in [1.82, 2.24) is 4.90 Å². The van der Waals surface area contributed by atoms with Crippen LogP contribution in [0.25, 0.3) is 0 Å². The molecule has 3 N–H and O–H groups in total. The topological polar surface area (TPSA) is 83.6 Å². The van der Waals surface area contributed by atoms with Gasteiger partial charge in [-0.3, -0.25) is 4.79 Å². The number of fused-ring (bicyclic) bond motifs is 1. The quantitative estimate of drug-likeness (QED) is 0.246. The zero-order chi connectivity index (χ0) is 28.2. The van der Waals surface area contributed by atoms with Gasteiger partial charge < -0.3 is 15.7 Å². The lowest BCUT2D eigenvalue weighted by Gasteiger charge is -2.38. The van der Waals surface area contributed by atoms with Crippen molar-refractivity contribution in [3.8, 4) is 0 Å². The molecule has 1 atom stereocenters. The number of nitrogen functional groups attached to an aromatic ring is 1. The van der Waals surface area contributed by atoms with Crippen LogP contribution in [0.2, 0.25) is 5.02 Å². The van der Waals surface area contributed by atoms with E-state index in [2.05, 4.69) is 19.1 Å². The first-order valence-corrected chi connectivity index (χ1v) is 14.0. The second-order valence-corrected chi connectivity index (χ2v) is 10.7. The Morgan fingerprint density at radius 1 is 0.925 bits per heavy atom. The van der Waals surface area contributed by atoms with Gasteiger partial charge in [0.2, 0.25) is 5.91 Å². The van der Waals surface area contributed by atoms with E-state index in [4.69, 9.17) is 17.3 Å². The lowest BCUT2D eigenvalue weighted by molar-refractivity contribution is -0.151. The number of carboxylic acids is 1. The number of carbonyl (C=O) groups excluding carboxylic acids is 1. The fourth-order valence-electron chi connectivity index (χ4n) is 5.86. The maximum atomic E-state index is 14.2. The summed E-state index contributed by atoms with van der Waals surface area (Å²) in [6, 6.07) is 27.9. The SMILES string of the molecule is CCc1ccc2c(c1CCc1cc(N)ccc1Cl)CC(C(=O)O)N(C(=O)C(c1ccccc1)c1ccccc1)C2. The third kappa shape index (κ3) is 5.61. The number of aryl methyl sites for hydroxylation is 2. The molecule has 1 aliphatic heterocycles. The zero-order valence-electron chi connectivity index (χ0n) is 22.5. The molecule has 1 aliphatic rings. The highest BCUT2D eigenvalue weighted by molar-refractivity contribution is 6.31. The molecular formula is C34H33ClN2O3. The molecule has 4 aromatic carbocycles. The van der Waals surface area contributed by atoms with E-state index >= 15 is 0 Å². The molecule has 5 nitrogen and oxygen atoms in total. The first kappa shape index (κ1) is 27.5. The van der Waals surface area contributed by atoms with Crippen molar-refractivity contribution in [1.29, 1.82) is 0 Å². The smallest absolute Gasteiger partial charge is 0.326 e. The number of halogens is 1. The number of amides is 1. The second kappa shape index (κ2) is 12.0. The summed E-state index contributed by atoms with van der Waals surface area (Å²) >= 11 is 6.45. The van der Waals surface area contributed by atoms with E-state index in [0.29, 0.717) is 23.6 Å². The Balaban J connectivity index is 1.52. The molecule has 0 saturated carbocycles. The number of carbonyl (C=O) groups is 2. The Kier molecular flexibility index (Phi) is 8.22. The Bertz CT molecular complexity index is 1480. The van der Waals surface area contributed by atoms with E-state index < -0.39 is 17.9 Å². The molecule has 0 fully saturated rings. The summed E-state index contributed by atoms with van der Waals surface area (Å²) in [7, 11) is 0. The molecule has 0 aliphatic carbocycles. The van der Waals surface area contributed by atoms with Crippen LogP contribution in [0.3, 0.4) is 0 Å². The van der Waals surface area contributed by atoms with Gasteiger partial charge in [-0.05, 0) is 76.4 Å². The highest BCUT2D eigenvalue weighted by Gasteiger charge is 2.39. The van der Waals surface area contributed by atoms with Gasteiger partial charge >= 0.3 is 5.97 Å². The summed E-state index contributed by atoms with van der Waals surface area (Å²) in [4.78, 5) is 28.5. The number of nitrogens with two attached hydrogens (primary N) is 1. The highest BCUT2D eigenvalue weighted by atomic mass is 35.5. The largest absolute Gasteiger partial charge is 0.480 e. The van der Waals surface area contributed by atoms with Crippen LogP contribution in [-0.4, -0.2) is 27.9 Å². The van der Waals surface area contributed by atoms with E-state index in [1.165, 1.54) is 5.56 Å². The van der Waals surface area contributed by atoms with Crippen molar-refractivity contribution in [3.05, 3.63) is 135 Å². The summed E-state index contributed by atoms with van der Waals surface area (Å²) in [5.41, 5.74) is 13.7. The lowest BCUT2D eigenvalue weighted by atomic mass is 9.83. The van der Waals surface area contributed by atoms with Crippen LogP contribution < -0.4 is 5.73 Å². The number of hydrogen-bond donors (Lipinski definition) is 2. The Morgan fingerprint density at radius 2 is 1.57 bits per heavy atom. The van der Waals surface area contributed by atoms with E-state index in [1.807, 2.05) is 72.8 Å². The molecule has 1 amide bonds. The fourth-order valence-corrected chi connectivity index (χ4v) is 6.08. The van der Waals surface area contributed by atoms with E-state index in [1.54, 1.807) is 11.0 Å². The molecule has 4 aromatic rings. The standard InChI is InChI=1S/C34H33ClN2O3/c1-2-22-13-14-26-21-37(33(38)32(23-9-5-3-6-10-23)24-11-7-4-8-12-24)31(34(39)40)20-29(26)28(22)17-15-25-19-27(36)16-18-30(25)35/h3-14,16,18-19,31-32H,2,15,17,20-21,36H2,1H3,(H,39,40). The molecule has 1 heterocycles. The van der Waals surface area contributed by atoms with Gasteiger partial charge in [0.15, 0.2) is 0 Å². The van der Waals surface area contributed by atoms with Crippen molar-refractivity contribution in [2.75, 3.05) is 5.73 Å². The van der Waals surface area contributed by atoms with E-state index in [-0.39, 0.29) is 18.9 Å². The molecule has 0 saturated heterocycles. The summed E-state index contributed by atoms with van der Waals surface area (Å²) in [5.74, 6) is -1.79. The van der Waals surface area contributed by atoms with Crippen molar-refractivity contribution in [2.24, 2.45) is 0 Å². The molecule has 0 aromatic heterocycles. The number of nitrogens with zero attached hydrogens (tertiary/aromatic N) is 1. The number of rotatable bonds is 8. The minimum Gasteiger partial charge on any atom is -0.480 e. The van der Waals surface area contributed by atoms with Crippen LogP contribution in [0.15, 0.2) is 91.0 Å². The average Bonchev–Trinajstić information content (AvgIpc) is 2.97. The number of hydrogen-bond acceptors (Lipinski definition) is 3. The van der Waals surface area contributed by atoms with Crippen LogP contribution in [0, 0.1) is 0 Å². The predicted molar refractivity (Wildman–Crippen MR) is 159 cm³/mol. The molecule has 0 radical (unpaired) electrons. The van der Waals surface area contributed by atoms with Crippen molar-refractivity contribution < 1.29 is 14.7 Å². The van der Waals surface area contributed by atoms with Crippen LogP contribution in [0.4, 0.5) is 5.69 Å². The highest BCUT2D eigenvalue weighted by Crippen LogP contribution is 2.35. The second-order valence-electron chi connectivity index (χ2n) is 10.3. The third-order valence-electron chi connectivity index (χ3n) is 7.92. The molecule has 5 rings (SSSR count). The van der Waals surface area contributed by atoms with Gasteiger partial charge in [-0.15, -0.1) is 0 Å². The molecule has 1 unspecified atom stereocenters. The maximum Gasteiger partial charge on any atom is 0.326 e.